The molecule has 2 aliphatic rings. The van der Waals surface area contributed by atoms with Crippen molar-refractivity contribution in [1.29, 1.82) is 0 Å². The van der Waals surface area contributed by atoms with E-state index in [0.29, 0.717) is 18.5 Å². The van der Waals surface area contributed by atoms with Crippen molar-refractivity contribution in [2.45, 2.75) is 51.2 Å². The number of nitrogens with two attached hydrogens (primary N) is 1. The molecule has 5 nitrogen and oxygen atoms in total. The molecule has 0 aliphatic carbocycles. The van der Waals surface area contributed by atoms with Crippen LogP contribution in [0, 0.1) is 0 Å². The van der Waals surface area contributed by atoms with Crippen molar-refractivity contribution >= 4 is 29.9 Å². The molecule has 2 fully saturated rings. The lowest BCUT2D eigenvalue weighted by Gasteiger charge is -2.24. The van der Waals surface area contributed by atoms with Gasteiger partial charge in [0.25, 0.3) is 0 Å². The van der Waals surface area contributed by atoms with Gasteiger partial charge in [0.15, 0.2) is 5.96 Å². The number of rotatable bonds is 5. The minimum atomic E-state index is -0.102. The average molecular weight is 396 g/mol. The molecule has 0 spiro atoms. The number of guanidine groups is 1. The van der Waals surface area contributed by atoms with Gasteiger partial charge in [-0.2, -0.15) is 0 Å². The van der Waals surface area contributed by atoms with E-state index in [1.54, 1.807) is 0 Å². The number of hydrogen-bond donors (Lipinski definition) is 2. The van der Waals surface area contributed by atoms with Crippen LogP contribution >= 0.6 is 24.0 Å². The zero-order valence-electron chi connectivity index (χ0n) is 12.7. The fourth-order valence-corrected chi connectivity index (χ4v) is 3.03. The smallest absolute Gasteiger partial charge is 0.188 e. The van der Waals surface area contributed by atoms with Gasteiger partial charge in [0.2, 0.25) is 0 Å². The van der Waals surface area contributed by atoms with Gasteiger partial charge in [-0.1, -0.05) is 6.92 Å². The van der Waals surface area contributed by atoms with Crippen LogP contribution in [0.1, 0.15) is 39.5 Å². The van der Waals surface area contributed by atoms with Gasteiger partial charge < -0.3 is 15.8 Å². The van der Waals surface area contributed by atoms with Crippen LogP contribution in [-0.4, -0.2) is 55.3 Å². The number of ether oxygens (including phenoxy) is 1. The summed E-state index contributed by atoms with van der Waals surface area (Å²) in [4.78, 5) is 6.93. The number of likely N-dealkylation sites (N-methyl/N-ethyl adjacent to an activating group) is 1. The van der Waals surface area contributed by atoms with Crippen LogP contribution in [0.4, 0.5) is 0 Å². The Morgan fingerprint density at radius 1 is 1.50 bits per heavy atom. The molecule has 0 radical (unpaired) electrons. The molecular weight excluding hydrogens is 367 g/mol. The van der Waals surface area contributed by atoms with Crippen molar-refractivity contribution in [3.8, 4) is 0 Å². The average Bonchev–Trinajstić information content (AvgIpc) is 3.03. The molecule has 0 aromatic rings. The summed E-state index contributed by atoms with van der Waals surface area (Å²) in [6.45, 7) is 9.09. The van der Waals surface area contributed by atoms with Crippen LogP contribution in [0.15, 0.2) is 4.99 Å². The van der Waals surface area contributed by atoms with Crippen molar-refractivity contribution in [3.05, 3.63) is 0 Å². The third-order valence-corrected chi connectivity index (χ3v) is 4.31. The SMILES string of the molecule is CCN1CCCC1CNC(N)=NCC1(C)CCCO1.I. The first-order chi connectivity index (χ1) is 9.13. The fourth-order valence-electron chi connectivity index (χ4n) is 3.03. The van der Waals surface area contributed by atoms with Crippen molar-refractivity contribution in [3.63, 3.8) is 0 Å². The van der Waals surface area contributed by atoms with E-state index >= 15 is 0 Å². The minimum Gasteiger partial charge on any atom is -0.373 e. The molecule has 2 heterocycles. The lowest BCUT2D eigenvalue weighted by molar-refractivity contribution is 0.0284. The zero-order valence-corrected chi connectivity index (χ0v) is 15.1. The van der Waals surface area contributed by atoms with E-state index in [1.165, 1.54) is 19.4 Å². The van der Waals surface area contributed by atoms with Crippen LogP contribution in [0.5, 0.6) is 0 Å². The highest BCUT2D eigenvalue weighted by molar-refractivity contribution is 14.0. The number of halogens is 1. The highest BCUT2D eigenvalue weighted by Crippen LogP contribution is 2.24. The lowest BCUT2D eigenvalue weighted by Crippen LogP contribution is -2.43. The first-order valence-corrected chi connectivity index (χ1v) is 7.55. The molecule has 3 N–H and O–H groups in total. The topological polar surface area (TPSA) is 62.9 Å². The summed E-state index contributed by atoms with van der Waals surface area (Å²) < 4.78 is 5.70. The number of hydrogen-bond acceptors (Lipinski definition) is 3. The highest BCUT2D eigenvalue weighted by atomic mass is 127. The van der Waals surface area contributed by atoms with Crippen molar-refractivity contribution in [2.75, 3.05) is 32.8 Å². The van der Waals surface area contributed by atoms with Gasteiger partial charge >= 0.3 is 0 Å². The Hall–Kier alpha value is -0.0800. The molecule has 118 valence electrons. The monoisotopic (exact) mass is 396 g/mol. The van der Waals surface area contributed by atoms with E-state index in [4.69, 9.17) is 10.5 Å². The second-order valence-electron chi connectivity index (χ2n) is 5.91. The lowest BCUT2D eigenvalue weighted by atomic mass is 10.0. The third-order valence-electron chi connectivity index (χ3n) is 4.31. The third kappa shape index (κ3) is 5.04. The minimum absolute atomic E-state index is 0. The Bertz CT molecular complexity index is 318. The second kappa shape index (κ2) is 8.38. The first-order valence-electron chi connectivity index (χ1n) is 7.55. The van der Waals surface area contributed by atoms with Crippen LogP contribution in [0.3, 0.4) is 0 Å². The van der Waals surface area contributed by atoms with Gasteiger partial charge in [-0.3, -0.25) is 9.89 Å². The normalized spacial score (nSPS) is 31.3. The molecule has 0 aromatic carbocycles. The molecule has 6 heteroatoms. The summed E-state index contributed by atoms with van der Waals surface area (Å²) >= 11 is 0. The maximum absolute atomic E-state index is 5.94. The van der Waals surface area contributed by atoms with E-state index in [-0.39, 0.29) is 29.6 Å². The molecule has 0 amide bonds. The summed E-state index contributed by atoms with van der Waals surface area (Å²) in [5.74, 6) is 0.555. The summed E-state index contributed by atoms with van der Waals surface area (Å²) in [5, 5.41) is 3.26. The van der Waals surface area contributed by atoms with Crippen molar-refractivity contribution in [1.82, 2.24) is 10.2 Å². The van der Waals surface area contributed by atoms with Gasteiger partial charge in [-0.25, -0.2) is 0 Å². The fraction of sp³-hybridized carbons (Fsp3) is 0.929. The van der Waals surface area contributed by atoms with Gasteiger partial charge in [0.05, 0.1) is 12.1 Å². The summed E-state index contributed by atoms with van der Waals surface area (Å²) in [6.07, 6.45) is 4.76. The van der Waals surface area contributed by atoms with Gasteiger partial charge in [0, 0.05) is 19.2 Å². The van der Waals surface area contributed by atoms with Crippen LogP contribution < -0.4 is 11.1 Å². The molecule has 2 unspecified atom stereocenters. The van der Waals surface area contributed by atoms with E-state index in [1.807, 2.05) is 0 Å². The summed E-state index contributed by atoms with van der Waals surface area (Å²) in [6, 6.07) is 0.608. The molecule has 20 heavy (non-hydrogen) atoms. The van der Waals surface area contributed by atoms with E-state index in [9.17, 15) is 0 Å². The maximum atomic E-state index is 5.94. The molecule has 2 aliphatic heterocycles. The Kier molecular flexibility index (Phi) is 7.53. The van der Waals surface area contributed by atoms with E-state index in [2.05, 4.69) is 29.1 Å². The van der Waals surface area contributed by atoms with Gasteiger partial charge in [-0.15, -0.1) is 24.0 Å². The molecule has 2 atom stereocenters. The quantitative estimate of drug-likeness (QED) is 0.421. The summed E-state index contributed by atoms with van der Waals surface area (Å²) in [5.41, 5.74) is 5.84. The number of aliphatic imine (C=N–C) groups is 1. The Labute approximate surface area is 139 Å². The molecule has 0 bridgehead atoms. The summed E-state index contributed by atoms with van der Waals surface area (Å²) in [7, 11) is 0. The zero-order chi connectivity index (χ0) is 13.7. The van der Waals surface area contributed by atoms with Gasteiger partial charge in [-0.05, 0) is 45.7 Å². The van der Waals surface area contributed by atoms with Crippen LogP contribution in [0.2, 0.25) is 0 Å². The molecule has 2 rings (SSSR count). The molecule has 0 saturated carbocycles. The van der Waals surface area contributed by atoms with Crippen LogP contribution in [0.25, 0.3) is 0 Å². The highest BCUT2D eigenvalue weighted by Gasteiger charge is 2.29. The van der Waals surface area contributed by atoms with Gasteiger partial charge in [0.1, 0.15) is 0 Å². The predicted molar refractivity (Wildman–Crippen MR) is 93.8 cm³/mol. The number of nitrogens with zero attached hydrogens (tertiary/aromatic N) is 2. The Balaban J connectivity index is 0.00000200. The molecule has 2 saturated heterocycles. The van der Waals surface area contributed by atoms with E-state index < -0.39 is 0 Å². The number of likely N-dealkylation sites (tertiary alicyclic amines) is 1. The van der Waals surface area contributed by atoms with Crippen LogP contribution in [-0.2, 0) is 4.74 Å². The standard InChI is InChI=1S/C14H28N4O.HI/c1-3-18-8-4-6-12(18)10-16-13(15)17-11-14(2)7-5-9-19-14;/h12H,3-11H2,1-2H3,(H3,15,16,17);1H. The van der Waals surface area contributed by atoms with Crippen molar-refractivity contribution < 1.29 is 4.74 Å². The molecular formula is C14H29IN4O. The molecule has 0 aromatic heterocycles. The van der Waals surface area contributed by atoms with E-state index in [0.717, 1.165) is 32.5 Å². The first kappa shape index (κ1) is 18.0. The largest absolute Gasteiger partial charge is 0.373 e. The second-order valence-corrected chi connectivity index (χ2v) is 5.91. The predicted octanol–water partition coefficient (Wildman–Crippen LogP) is 1.56. The number of nitrogens with one attached hydrogen (secondary N) is 1. The Morgan fingerprint density at radius 3 is 2.95 bits per heavy atom. The maximum Gasteiger partial charge on any atom is 0.188 e. The van der Waals surface area contributed by atoms with Crippen molar-refractivity contribution in [2.24, 2.45) is 10.7 Å². The Morgan fingerprint density at radius 2 is 2.30 bits per heavy atom.